The summed E-state index contributed by atoms with van der Waals surface area (Å²) >= 11 is 0. The van der Waals surface area contributed by atoms with Crippen LogP contribution in [0.4, 0.5) is 0 Å². The molecule has 8 heteroatoms. The quantitative estimate of drug-likeness (QED) is 0.819. The molecule has 0 radical (unpaired) electrons. The Bertz CT molecular complexity index is 763. The maximum Gasteiger partial charge on any atom is 0.253 e. The van der Waals surface area contributed by atoms with Crippen LogP contribution in [0.2, 0.25) is 0 Å². The van der Waals surface area contributed by atoms with Crippen molar-refractivity contribution < 1.29 is 13.2 Å². The van der Waals surface area contributed by atoms with E-state index in [4.69, 9.17) is 0 Å². The zero-order valence-corrected chi connectivity index (χ0v) is 17.7. The Morgan fingerprint density at radius 3 is 2.48 bits per heavy atom. The second-order valence-electron chi connectivity index (χ2n) is 7.32. The maximum absolute atomic E-state index is 13.0. The van der Waals surface area contributed by atoms with Gasteiger partial charge in [0.05, 0.1) is 4.90 Å². The zero-order chi connectivity index (χ0) is 18.7. The van der Waals surface area contributed by atoms with Crippen molar-refractivity contribution in [2.24, 2.45) is 0 Å². The molecule has 2 aliphatic rings. The van der Waals surface area contributed by atoms with E-state index in [1.165, 1.54) is 0 Å². The van der Waals surface area contributed by atoms with Gasteiger partial charge in [-0.2, -0.15) is 4.31 Å². The second-order valence-corrected chi connectivity index (χ2v) is 9.23. The molecule has 1 unspecified atom stereocenters. The fourth-order valence-electron chi connectivity index (χ4n) is 3.84. The topological polar surface area (TPSA) is 69.7 Å². The number of benzene rings is 1. The van der Waals surface area contributed by atoms with Gasteiger partial charge < -0.3 is 10.2 Å². The highest BCUT2D eigenvalue weighted by atomic mass is 35.5. The summed E-state index contributed by atoms with van der Waals surface area (Å²) in [6.45, 7) is 4.31. The standard InChI is InChI=1S/C19H29N3O3S.ClH/c1-15-8-9-16(19(23)21-10-6-7-17(14-21)20-2)13-18(15)26(24,25)22-11-4-3-5-12-22;/h8-9,13,17,20H,3-7,10-12,14H2,1-2H3;1H. The molecule has 0 saturated carbocycles. The Balaban J connectivity index is 0.00000261. The van der Waals surface area contributed by atoms with Crippen molar-refractivity contribution in [3.8, 4) is 0 Å². The van der Waals surface area contributed by atoms with E-state index in [0.29, 0.717) is 36.8 Å². The summed E-state index contributed by atoms with van der Waals surface area (Å²) in [5.74, 6) is -0.0833. The number of carbonyl (C=O) groups excluding carboxylic acids is 1. The van der Waals surface area contributed by atoms with E-state index in [2.05, 4.69) is 5.32 Å². The van der Waals surface area contributed by atoms with Crippen molar-refractivity contribution in [3.05, 3.63) is 29.3 Å². The minimum atomic E-state index is -3.54. The number of likely N-dealkylation sites (N-methyl/N-ethyl adjacent to an activating group) is 1. The van der Waals surface area contributed by atoms with E-state index in [-0.39, 0.29) is 23.2 Å². The van der Waals surface area contributed by atoms with Gasteiger partial charge in [-0.25, -0.2) is 8.42 Å². The predicted molar refractivity (Wildman–Crippen MR) is 109 cm³/mol. The number of likely N-dealkylation sites (tertiary alicyclic amines) is 1. The van der Waals surface area contributed by atoms with Crippen LogP contribution >= 0.6 is 12.4 Å². The first-order valence-electron chi connectivity index (χ1n) is 9.51. The van der Waals surface area contributed by atoms with E-state index in [1.54, 1.807) is 29.4 Å². The Morgan fingerprint density at radius 1 is 1.11 bits per heavy atom. The summed E-state index contributed by atoms with van der Waals surface area (Å²) in [5.41, 5.74) is 1.15. The van der Waals surface area contributed by atoms with E-state index in [0.717, 1.165) is 38.6 Å². The molecule has 0 aliphatic carbocycles. The molecule has 0 aromatic heterocycles. The van der Waals surface area contributed by atoms with Crippen LogP contribution in [0.25, 0.3) is 0 Å². The maximum atomic E-state index is 13.0. The third-order valence-electron chi connectivity index (χ3n) is 5.48. The number of amides is 1. The Labute approximate surface area is 168 Å². The summed E-state index contributed by atoms with van der Waals surface area (Å²) in [4.78, 5) is 15.0. The molecular weight excluding hydrogens is 386 g/mol. The lowest BCUT2D eigenvalue weighted by atomic mass is 10.0. The third-order valence-corrected chi connectivity index (χ3v) is 7.53. The molecule has 3 rings (SSSR count). The lowest BCUT2D eigenvalue weighted by molar-refractivity contribution is 0.0698. The van der Waals surface area contributed by atoms with Crippen LogP contribution in [0.5, 0.6) is 0 Å². The average molecular weight is 416 g/mol. The molecule has 1 N–H and O–H groups in total. The van der Waals surface area contributed by atoms with Crippen LogP contribution in [-0.2, 0) is 10.0 Å². The molecule has 6 nitrogen and oxygen atoms in total. The first-order chi connectivity index (χ1) is 12.4. The van der Waals surface area contributed by atoms with Crippen LogP contribution in [0, 0.1) is 6.92 Å². The summed E-state index contributed by atoms with van der Waals surface area (Å²) < 4.78 is 27.7. The summed E-state index contributed by atoms with van der Waals surface area (Å²) in [7, 11) is -1.63. The van der Waals surface area contributed by atoms with E-state index < -0.39 is 10.0 Å². The number of halogens is 1. The van der Waals surface area contributed by atoms with Crippen LogP contribution < -0.4 is 5.32 Å². The summed E-state index contributed by atoms with van der Waals surface area (Å²) in [6.07, 6.45) is 4.89. The largest absolute Gasteiger partial charge is 0.337 e. The third kappa shape index (κ3) is 4.83. The van der Waals surface area contributed by atoms with E-state index in [9.17, 15) is 13.2 Å². The van der Waals surface area contributed by atoms with Gasteiger partial charge in [0.1, 0.15) is 0 Å². The van der Waals surface area contributed by atoms with Crippen molar-refractivity contribution >= 4 is 28.3 Å². The first kappa shape index (κ1) is 22.1. The number of piperidine rings is 2. The molecule has 27 heavy (non-hydrogen) atoms. The molecule has 0 bridgehead atoms. The Kier molecular flexibility index (Phi) is 7.68. The van der Waals surface area contributed by atoms with Gasteiger partial charge in [-0.3, -0.25) is 4.79 Å². The highest BCUT2D eigenvalue weighted by Gasteiger charge is 2.29. The fraction of sp³-hybridized carbons (Fsp3) is 0.632. The van der Waals surface area contributed by atoms with Crippen LogP contribution in [0.15, 0.2) is 23.1 Å². The van der Waals surface area contributed by atoms with Gasteiger partial charge in [0.25, 0.3) is 5.91 Å². The molecule has 2 aliphatic heterocycles. The molecule has 2 heterocycles. The van der Waals surface area contributed by atoms with E-state index in [1.807, 2.05) is 11.9 Å². The number of carbonyl (C=O) groups is 1. The zero-order valence-electron chi connectivity index (χ0n) is 16.1. The SMILES string of the molecule is CNC1CCCN(C(=O)c2ccc(C)c(S(=O)(=O)N3CCCCC3)c2)C1.Cl. The number of sulfonamides is 1. The number of aryl methyl sites for hydroxylation is 1. The molecule has 152 valence electrons. The smallest absolute Gasteiger partial charge is 0.253 e. The molecule has 2 saturated heterocycles. The monoisotopic (exact) mass is 415 g/mol. The molecule has 1 aromatic rings. The van der Waals surface area contributed by atoms with Crippen LogP contribution in [0.1, 0.15) is 48.0 Å². The van der Waals surface area contributed by atoms with Crippen molar-refractivity contribution in [1.82, 2.24) is 14.5 Å². The average Bonchev–Trinajstić information content (AvgIpc) is 2.68. The number of hydrogen-bond donors (Lipinski definition) is 1. The lowest BCUT2D eigenvalue weighted by Gasteiger charge is -2.33. The molecule has 1 aromatic carbocycles. The van der Waals surface area contributed by atoms with Crippen molar-refractivity contribution in [2.75, 3.05) is 33.2 Å². The number of nitrogens with zero attached hydrogens (tertiary/aromatic N) is 2. The molecular formula is C19H30ClN3O3S. The number of nitrogens with one attached hydrogen (secondary N) is 1. The highest BCUT2D eigenvalue weighted by Crippen LogP contribution is 2.25. The van der Waals surface area contributed by atoms with Gasteiger partial charge in [-0.1, -0.05) is 12.5 Å². The van der Waals surface area contributed by atoms with Gasteiger partial charge in [-0.05, 0) is 57.4 Å². The van der Waals surface area contributed by atoms with Gasteiger partial charge in [0.2, 0.25) is 10.0 Å². The summed E-state index contributed by atoms with van der Waals surface area (Å²) in [6, 6.07) is 5.37. The van der Waals surface area contributed by atoms with Gasteiger partial charge in [0, 0.05) is 37.8 Å². The fourth-order valence-corrected chi connectivity index (χ4v) is 5.60. The summed E-state index contributed by atoms with van der Waals surface area (Å²) in [5, 5.41) is 3.23. The molecule has 1 atom stereocenters. The lowest BCUT2D eigenvalue weighted by Crippen LogP contribution is -2.47. The highest BCUT2D eigenvalue weighted by molar-refractivity contribution is 7.89. The van der Waals surface area contributed by atoms with E-state index >= 15 is 0 Å². The van der Waals surface area contributed by atoms with Crippen molar-refractivity contribution in [3.63, 3.8) is 0 Å². The Morgan fingerprint density at radius 2 is 1.81 bits per heavy atom. The Hall–Kier alpha value is -1.15. The number of rotatable bonds is 4. The van der Waals surface area contributed by atoms with Gasteiger partial charge in [-0.15, -0.1) is 12.4 Å². The van der Waals surface area contributed by atoms with Crippen LogP contribution in [0.3, 0.4) is 0 Å². The molecule has 1 amide bonds. The first-order valence-corrected chi connectivity index (χ1v) is 10.9. The van der Waals surface area contributed by atoms with Crippen molar-refractivity contribution in [1.29, 1.82) is 0 Å². The van der Waals surface area contributed by atoms with Crippen LogP contribution in [-0.4, -0.2) is 62.8 Å². The molecule has 0 spiro atoms. The number of hydrogen-bond acceptors (Lipinski definition) is 4. The molecule has 2 fully saturated rings. The van der Waals surface area contributed by atoms with Crippen molar-refractivity contribution in [2.45, 2.75) is 50.0 Å². The minimum absolute atomic E-state index is 0. The second kappa shape index (κ2) is 9.37. The van der Waals surface area contributed by atoms with Gasteiger partial charge >= 0.3 is 0 Å². The predicted octanol–water partition coefficient (Wildman–Crippen LogP) is 2.42. The van der Waals surface area contributed by atoms with Gasteiger partial charge in [0.15, 0.2) is 0 Å². The normalized spacial score (nSPS) is 21.6. The minimum Gasteiger partial charge on any atom is -0.337 e.